The molecule has 0 aliphatic carbocycles. The number of cyclic esters (lactones) is 1. The third-order valence-electron chi connectivity index (χ3n) is 2.19. The van der Waals surface area contributed by atoms with Gasteiger partial charge >= 0.3 is 5.97 Å². The Bertz CT molecular complexity index is 372. The van der Waals surface area contributed by atoms with Crippen molar-refractivity contribution < 1.29 is 9.53 Å². The van der Waals surface area contributed by atoms with Crippen molar-refractivity contribution in [2.75, 3.05) is 5.32 Å². The Balaban J connectivity index is 2.39. The van der Waals surface area contributed by atoms with E-state index in [0.29, 0.717) is 18.2 Å². The van der Waals surface area contributed by atoms with Crippen molar-refractivity contribution in [1.82, 2.24) is 0 Å². The first kappa shape index (κ1) is 9.06. The minimum Gasteiger partial charge on any atom is -0.457 e. The number of hydrogen-bond donors (Lipinski definition) is 1. The molecule has 1 aliphatic heterocycles. The molecule has 1 aliphatic rings. The van der Waals surface area contributed by atoms with Crippen LogP contribution in [0, 0.1) is 0 Å². The Morgan fingerprint density at radius 1 is 1.43 bits per heavy atom. The zero-order chi connectivity index (χ0) is 10.1. The Kier molecular flexibility index (Phi) is 2.15. The summed E-state index contributed by atoms with van der Waals surface area (Å²) in [5, 5.41) is 3.29. The minimum atomic E-state index is -0.215. The van der Waals surface area contributed by atoms with Crippen LogP contribution in [0.25, 0.3) is 0 Å². The molecule has 0 atom stereocenters. The van der Waals surface area contributed by atoms with Gasteiger partial charge in [-0.25, -0.2) is 4.79 Å². The molecule has 0 aromatic heterocycles. The number of rotatable bonds is 2. The van der Waals surface area contributed by atoms with Crippen LogP contribution in [0.3, 0.4) is 0 Å². The SMILES string of the molecule is CC(C)Nc1cccc2c1COC2=O. The highest BCUT2D eigenvalue weighted by molar-refractivity contribution is 5.95. The highest BCUT2D eigenvalue weighted by Gasteiger charge is 2.23. The van der Waals surface area contributed by atoms with Crippen LogP contribution < -0.4 is 5.32 Å². The van der Waals surface area contributed by atoms with E-state index in [4.69, 9.17) is 4.74 Å². The third-order valence-corrected chi connectivity index (χ3v) is 2.19. The highest BCUT2D eigenvalue weighted by atomic mass is 16.5. The normalized spacial score (nSPS) is 14.1. The molecular formula is C11H13NO2. The van der Waals surface area contributed by atoms with Gasteiger partial charge in [-0.2, -0.15) is 0 Å². The molecule has 3 heteroatoms. The van der Waals surface area contributed by atoms with E-state index in [1.54, 1.807) is 6.07 Å². The summed E-state index contributed by atoms with van der Waals surface area (Å²) >= 11 is 0. The van der Waals surface area contributed by atoms with Crippen LogP contribution in [0.15, 0.2) is 18.2 Å². The van der Waals surface area contributed by atoms with Crippen LogP contribution in [0.1, 0.15) is 29.8 Å². The van der Waals surface area contributed by atoms with Crippen LogP contribution >= 0.6 is 0 Å². The fourth-order valence-electron chi connectivity index (χ4n) is 1.60. The van der Waals surface area contributed by atoms with Crippen molar-refractivity contribution in [2.45, 2.75) is 26.5 Å². The van der Waals surface area contributed by atoms with E-state index < -0.39 is 0 Å². The molecule has 1 heterocycles. The monoisotopic (exact) mass is 191 g/mol. The summed E-state index contributed by atoms with van der Waals surface area (Å²) < 4.78 is 4.97. The van der Waals surface area contributed by atoms with Crippen molar-refractivity contribution in [3.63, 3.8) is 0 Å². The van der Waals surface area contributed by atoms with E-state index in [1.165, 1.54) is 0 Å². The standard InChI is InChI=1S/C11H13NO2/c1-7(2)12-10-5-3-4-8-9(10)6-14-11(8)13/h3-5,7,12H,6H2,1-2H3. The van der Waals surface area contributed by atoms with E-state index in [9.17, 15) is 4.79 Å². The Labute approximate surface area is 83.1 Å². The number of benzene rings is 1. The lowest BCUT2D eigenvalue weighted by molar-refractivity contribution is 0.0535. The number of hydrogen-bond acceptors (Lipinski definition) is 3. The van der Waals surface area contributed by atoms with E-state index in [-0.39, 0.29) is 5.97 Å². The van der Waals surface area contributed by atoms with Crippen molar-refractivity contribution in [2.24, 2.45) is 0 Å². The van der Waals surface area contributed by atoms with Crippen molar-refractivity contribution in [1.29, 1.82) is 0 Å². The Morgan fingerprint density at radius 3 is 2.93 bits per heavy atom. The van der Waals surface area contributed by atoms with Crippen LogP contribution in [0.2, 0.25) is 0 Å². The lowest BCUT2D eigenvalue weighted by Gasteiger charge is -2.12. The van der Waals surface area contributed by atoms with Gasteiger partial charge in [0, 0.05) is 17.3 Å². The zero-order valence-corrected chi connectivity index (χ0v) is 8.33. The summed E-state index contributed by atoms with van der Waals surface area (Å²) in [4.78, 5) is 11.3. The van der Waals surface area contributed by atoms with Gasteiger partial charge in [-0.15, -0.1) is 0 Å². The van der Waals surface area contributed by atoms with Crippen LogP contribution in [-0.2, 0) is 11.3 Å². The molecule has 2 rings (SSSR count). The molecule has 0 radical (unpaired) electrons. The van der Waals surface area contributed by atoms with Gasteiger partial charge in [0.15, 0.2) is 0 Å². The molecule has 74 valence electrons. The molecule has 1 N–H and O–H groups in total. The first-order valence-electron chi connectivity index (χ1n) is 4.74. The topological polar surface area (TPSA) is 38.3 Å². The number of carbonyl (C=O) groups is 1. The van der Waals surface area contributed by atoms with E-state index in [1.807, 2.05) is 12.1 Å². The van der Waals surface area contributed by atoms with Crippen LogP contribution in [0.4, 0.5) is 5.69 Å². The third kappa shape index (κ3) is 1.45. The molecule has 0 fully saturated rings. The molecule has 0 spiro atoms. The molecule has 1 aromatic carbocycles. The van der Waals surface area contributed by atoms with Crippen molar-refractivity contribution >= 4 is 11.7 Å². The number of fused-ring (bicyclic) bond motifs is 1. The summed E-state index contributed by atoms with van der Waals surface area (Å²) in [6.45, 7) is 4.53. The summed E-state index contributed by atoms with van der Waals surface area (Å²) in [5.41, 5.74) is 2.67. The Morgan fingerprint density at radius 2 is 2.21 bits per heavy atom. The number of esters is 1. The summed E-state index contributed by atoms with van der Waals surface area (Å²) in [6.07, 6.45) is 0. The number of ether oxygens (including phenoxy) is 1. The molecule has 0 bridgehead atoms. The summed E-state index contributed by atoms with van der Waals surface area (Å²) in [5.74, 6) is -0.215. The fraction of sp³-hybridized carbons (Fsp3) is 0.364. The molecular weight excluding hydrogens is 178 g/mol. The smallest absolute Gasteiger partial charge is 0.338 e. The predicted octanol–water partition coefficient (Wildman–Crippen LogP) is 2.18. The van der Waals surface area contributed by atoms with Gasteiger partial charge in [-0.1, -0.05) is 6.07 Å². The lowest BCUT2D eigenvalue weighted by Crippen LogP contribution is -2.11. The maximum atomic E-state index is 11.3. The van der Waals surface area contributed by atoms with Gasteiger partial charge in [0.1, 0.15) is 6.61 Å². The van der Waals surface area contributed by atoms with Gasteiger partial charge in [-0.05, 0) is 26.0 Å². The average Bonchev–Trinajstić information content (AvgIpc) is 2.49. The second-order valence-electron chi connectivity index (χ2n) is 3.71. The maximum absolute atomic E-state index is 11.3. The summed E-state index contributed by atoms with van der Waals surface area (Å²) in [7, 11) is 0. The molecule has 0 saturated carbocycles. The Hall–Kier alpha value is -1.51. The number of nitrogens with one attached hydrogen (secondary N) is 1. The van der Waals surface area contributed by atoms with Crippen LogP contribution in [-0.4, -0.2) is 12.0 Å². The van der Waals surface area contributed by atoms with E-state index in [2.05, 4.69) is 19.2 Å². The van der Waals surface area contributed by atoms with E-state index >= 15 is 0 Å². The molecule has 0 unspecified atom stereocenters. The van der Waals surface area contributed by atoms with Crippen molar-refractivity contribution in [3.8, 4) is 0 Å². The van der Waals surface area contributed by atoms with Gasteiger partial charge < -0.3 is 10.1 Å². The highest BCUT2D eigenvalue weighted by Crippen LogP contribution is 2.27. The first-order valence-corrected chi connectivity index (χ1v) is 4.74. The second kappa shape index (κ2) is 3.33. The van der Waals surface area contributed by atoms with E-state index in [0.717, 1.165) is 11.3 Å². The lowest BCUT2D eigenvalue weighted by atomic mass is 10.1. The molecule has 0 amide bonds. The molecule has 1 aromatic rings. The second-order valence-corrected chi connectivity index (χ2v) is 3.71. The van der Waals surface area contributed by atoms with Gasteiger partial charge in [0.05, 0.1) is 5.56 Å². The fourth-order valence-corrected chi connectivity index (χ4v) is 1.60. The van der Waals surface area contributed by atoms with Crippen molar-refractivity contribution in [3.05, 3.63) is 29.3 Å². The first-order chi connectivity index (χ1) is 6.68. The van der Waals surface area contributed by atoms with Gasteiger partial charge in [0.25, 0.3) is 0 Å². The average molecular weight is 191 g/mol. The molecule has 14 heavy (non-hydrogen) atoms. The number of carbonyl (C=O) groups excluding carboxylic acids is 1. The zero-order valence-electron chi connectivity index (χ0n) is 8.33. The predicted molar refractivity (Wildman–Crippen MR) is 54.3 cm³/mol. The molecule has 0 saturated heterocycles. The maximum Gasteiger partial charge on any atom is 0.338 e. The number of anilines is 1. The quantitative estimate of drug-likeness (QED) is 0.728. The largest absolute Gasteiger partial charge is 0.457 e. The van der Waals surface area contributed by atoms with Gasteiger partial charge in [-0.3, -0.25) is 0 Å². The van der Waals surface area contributed by atoms with Gasteiger partial charge in [0.2, 0.25) is 0 Å². The minimum absolute atomic E-state index is 0.215. The summed E-state index contributed by atoms with van der Waals surface area (Å²) in [6, 6.07) is 6.00. The molecule has 3 nitrogen and oxygen atoms in total. The van der Waals surface area contributed by atoms with Crippen LogP contribution in [0.5, 0.6) is 0 Å².